The van der Waals surface area contributed by atoms with Gasteiger partial charge in [-0.1, -0.05) is 18.2 Å². The van der Waals surface area contributed by atoms with Crippen molar-refractivity contribution in [1.29, 1.82) is 0 Å². The third kappa shape index (κ3) is 1.58. The van der Waals surface area contributed by atoms with E-state index in [0.29, 0.717) is 25.5 Å². The Hall–Kier alpha value is -2.14. The zero-order chi connectivity index (χ0) is 12.8. The van der Waals surface area contributed by atoms with E-state index in [1.807, 2.05) is 24.3 Å². The largest absolute Gasteiger partial charge is 0.492 e. The second kappa shape index (κ2) is 3.93. The SMILES string of the molecule is O=c1[nH]c(C2COc3ccccc32)nc2c1CNC2. The van der Waals surface area contributed by atoms with Crippen LogP contribution in [0.1, 0.15) is 28.6 Å². The van der Waals surface area contributed by atoms with Crippen molar-refractivity contribution in [2.24, 2.45) is 0 Å². The van der Waals surface area contributed by atoms with Gasteiger partial charge >= 0.3 is 0 Å². The van der Waals surface area contributed by atoms with Crippen molar-refractivity contribution in [2.75, 3.05) is 6.61 Å². The molecule has 19 heavy (non-hydrogen) atoms. The van der Waals surface area contributed by atoms with Crippen molar-refractivity contribution >= 4 is 0 Å². The molecule has 1 aromatic heterocycles. The highest BCUT2D eigenvalue weighted by molar-refractivity contribution is 5.43. The first-order chi connectivity index (χ1) is 9.33. The van der Waals surface area contributed by atoms with Crippen LogP contribution in [0.25, 0.3) is 0 Å². The van der Waals surface area contributed by atoms with Crippen molar-refractivity contribution < 1.29 is 4.74 Å². The summed E-state index contributed by atoms with van der Waals surface area (Å²) in [6.07, 6.45) is 0. The molecule has 0 saturated heterocycles. The monoisotopic (exact) mass is 255 g/mol. The third-order valence-corrected chi connectivity index (χ3v) is 3.74. The van der Waals surface area contributed by atoms with Crippen LogP contribution in [-0.2, 0) is 13.1 Å². The van der Waals surface area contributed by atoms with E-state index in [1.165, 1.54) is 0 Å². The highest BCUT2D eigenvalue weighted by Gasteiger charge is 2.28. The van der Waals surface area contributed by atoms with E-state index >= 15 is 0 Å². The van der Waals surface area contributed by atoms with Crippen LogP contribution in [0.3, 0.4) is 0 Å². The van der Waals surface area contributed by atoms with Crippen LogP contribution in [0, 0.1) is 0 Å². The summed E-state index contributed by atoms with van der Waals surface area (Å²) in [5.74, 6) is 1.61. The predicted octanol–water partition coefficient (Wildman–Crippen LogP) is 0.897. The molecule has 1 atom stereocenters. The lowest BCUT2D eigenvalue weighted by molar-refractivity contribution is 0.339. The van der Waals surface area contributed by atoms with E-state index in [0.717, 1.165) is 22.6 Å². The normalized spacial score (nSPS) is 19.9. The number of H-pyrrole nitrogens is 1. The molecular weight excluding hydrogens is 242 g/mol. The Bertz CT molecular complexity index is 708. The predicted molar refractivity (Wildman–Crippen MR) is 69.2 cm³/mol. The molecule has 5 heteroatoms. The van der Waals surface area contributed by atoms with E-state index in [2.05, 4.69) is 15.3 Å². The highest BCUT2D eigenvalue weighted by Crippen LogP contribution is 2.36. The lowest BCUT2D eigenvalue weighted by atomic mass is 10.0. The fourth-order valence-electron chi connectivity index (χ4n) is 2.75. The molecule has 1 aromatic carbocycles. The number of para-hydroxylation sites is 1. The molecule has 0 saturated carbocycles. The number of fused-ring (bicyclic) bond motifs is 2. The summed E-state index contributed by atoms with van der Waals surface area (Å²) in [5, 5.41) is 3.15. The van der Waals surface area contributed by atoms with Crippen LogP contribution in [0.4, 0.5) is 0 Å². The average molecular weight is 255 g/mol. The third-order valence-electron chi connectivity index (χ3n) is 3.74. The average Bonchev–Trinajstić information content (AvgIpc) is 3.04. The molecular formula is C14H13N3O2. The number of benzene rings is 1. The number of nitrogens with one attached hydrogen (secondary N) is 2. The zero-order valence-electron chi connectivity index (χ0n) is 10.3. The van der Waals surface area contributed by atoms with Gasteiger partial charge in [0.15, 0.2) is 0 Å². The van der Waals surface area contributed by atoms with Gasteiger partial charge in [-0.2, -0.15) is 0 Å². The fourth-order valence-corrected chi connectivity index (χ4v) is 2.75. The minimum Gasteiger partial charge on any atom is -0.492 e. The summed E-state index contributed by atoms with van der Waals surface area (Å²) < 4.78 is 5.65. The molecule has 0 bridgehead atoms. The topological polar surface area (TPSA) is 67.0 Å². The van der Waals surface area contributed by atoms with Gasteiger partial charge in [0.2, 0.25) is 0 Å². The smallest absolute Gasteiger partial charge is 0.255 e. The zero-order valence-corrected chi connectivity index (χ0v) is 10.3. The lowest BCUT2D eigenvalue weighted by Crippen LogP contribution is -2.20. The standard InChI is InChI=1S/C14H13N3O2/c18-14-9-5-15-6-11(9)16-13(17-14)10-7-19-12-4-2-1-3-8(10)12/h1-4,10,15H,5-7H2,(H,16,17,18). The number of aromatic amines is 1. The maximum Gasteiger partial charge on any atom is 0.255 e. The Morgan fingerprint density at radius 3 is 3.11 bits per heavy atom. The molecule has 2 aliphatic rings. The van der Waals surface area contributed by atoms with Gasteiger partial charge in [0.25, 0.3) is 5.56 Å². The molecule has 2 N–H and O–H groups in total. The summed E-state index contributed by atoms with van der Waals surface area (Å²) in [6, 6.07) is 7.90. The first-order valence-corrected chi connectivity index (χ1v) is 6.37. The molecule has 0 spiro atoms. The molecule has 3 heterocycles. The Balaban J connectivity index is 1.83. The van der Waals surface area contributed by atoms with Crippen LogP contribution in [0.2, 0.25) is 0 Å². The van der Waals surface area contributed by atoms with Crippen molar-refractivity contribution in [3.8, 4) is 5.75 Å². The van der Waals surface area contributed by atoms with E-state index in [9.17, 15) is 4.79 Å². The van der Waals surface area contributed by atoms with Crippen LogP contribution < -0.4 is 15.6 Å². The Labute approximate surface area is 109 Å². The van der Waals surface area contributed by atoms with Gasteiger partial charge in [-0.15, -0.1) is 0 Å². The summed E-state index contributed by atoms with van der Waals surface area (Å²) in [4.78, 5) is 19.5. The Kier molecular flexibility index (Phi) is 2.22. The minimum atomic E-state index is -0.0330. The summed E-state index contributed by atoms with van der Waals surface area (Å²) in [6.45, 7) is 1.81. The van der Waals surface area contributed by atoms with E-state index in [-0.39, 0.29) is 11.5 Å². The van der Waals surface area contributed by atoms with Gasteiger partial charge in [-0.25, -0.2) is 4.98 Å². The number of rotatable bonds is 1. The van der Waals surface area contributed by atoms with Crippen LogP contribution >= 0.6 is 0 Å². The molecule has 1 unspecified atom stereocenters. The number of hydrogen-bond acceptors (Lipinski definition) is 4. The molecule has 0 aliphatic carbocycles. The first kappa shape index (κ1) is 10.8. The number of ether oxygens (including phenoxy) is 1. The van der Waals surface area contributed by atoms with Crippen molar-refractivity contribution in [3.05, 3.63) is 57.3 Å². The molecule has 0 amide bonds. The molecule has 0 fully saturated rings. The van der Waals surface area contributed by atoms with Crippen molar-refractivity contribution in [3.63, 3.8) is 0 Å². The van der Waals surface area contributed by atoms with Crippen molar-refractivity contribution in [2.45, 2.75) is 19.0 Å². The van der Waals surface area contributed by atoms with Gasteiger partial charge in [0, 0.05) is 18.7 Å². The van der Waals surface area contributed by atoms with Gasteiger partial charge < -0.3 is 15.0 Å². The van der Waals surface area contributed by atoms with Crippen LogP contribution in [0.15, 0.2) is 29.1 Å². The molecule has 2 aliphatic heterocycles. The molecule has 2 aromatic rings. The number of aromatic nitrogens is 2. The maximum atomic E-state index is 12.0. The highest BCUT2D eigenvalue weighted by atomic mass is 16.5. The second-order valence-electron chi connectivity index (χ2n) is 4.88. The summed E-state index contributed by atoms with van der Waals surface area (Å²) in [5.41, 5.74) is 2.69. The van der Waals surface area contributed by atoms with Gasteiger partial charge in [0.05, 0.1) is 17.2 Å². The summed E-state index contributed by atoms with van der Waals surface area (Å²) in [7, 11) is 0. The first-order valence-electron chi connectivity index (χ1n) is 6.37. The second-order valence-corrected chi connectivity index (χ2v) is 4.88. The van der Waals surface area contributed by atoms with Crippen LogP contribution in [-0.4, -0.2) is 16.6 Å². The van der Waals surface area contributed by atoms with E-state index in [1.54, 1.807) is 0 Å². The molecule has 0 radical (unpaired) electrons. The van der Waals surface area contributed by atoms with Gasteiger partial charge in [-0.05, 0) is 6.07 Å². The van der Waals surface area contributed by atoms with Gasteiger partial charge in [0.1, 0.15) is 18.2 Å². The molecule has 5 nitrogen and oxygen atoms in total. The Morgan fingerprint density at radius 1 is 1.26 bits per heavy atom. The van der Waals surface area contributed by atoms with Gasteiger partial charge in [-0.3, -0.25) is 4.79 Å². The maximum absolute atomic E-state index is 12.0. The fraction of sp³-hybridized carbons (Fsp3) is 0.286. The summed E-state index contributed by atoms with van der Waals surface area (Å²) >= 11 is 0. The minimum absolute atomic E-state index is 0.0230. The van der Waals surface area contributed by atoms with Crippen LogP contribution in [0.5, 0.6) is 5.75 Å². The lowest BCUT2D eigenvalue weighted by Gasteiger charge is -2.09. The van der Waals surface area contributed by atoms with Crippen molar-refractivity contribution in [1.82, 2.24) is 15.3 Å². The number of hydrogen-bond donors (Lipinski definition) is 2. The molecule has 96 valence electrons. The van der Waals surface area contributed by atoms with E-state index < -0.39 is 0 Å². The van der Waals surface area contributed by atoms with E-state index in [4.69, 9.17) is 4.74 Å². The quantitative estimate of drug-likeness (QED) is 0.794. The Morgan fingerprint density at radius 2 is 2.16 bits per heavy atom. The number of nitrogens with zero attached hydrogens (tertiary/aromatic N) is 1. The molecule has 4 rings (SSSR count).